The molecule has 0 fully saturated rings. The number of pyridine rings is 1. The summed E-state index contributed by atoms with van der Waals surface area (Å²) in [6, 6.07) is 57.7. The molecule has 1 aliphatic rings. The van der Waals surface area contributed by atoms with Crippen molar-refractivity contribution in [2.45, 2.75) is 19.3 Å². The molecular formula is C50H33N3O. The van der Waals surface area contributed by atoms with Crippen molar-refractivity contribution in [2.24, 2.45) is 0 Å². The van der Waals surface area contributed by atoms with Gasteiger partial charge in [-0.2, -0.15) is 0 Å². The van der Waals surface area contributed by atoms with Gasteiger partial charge in [-0.3, -0.25) is 0 Å². The second-order valence-corrected chi connectivity index (χ2v) is 14.8. The zero-order valence-corrected chi connectivity index (χ0v) is 29.8. The van der Waals surface area contributed by atoms with Gasteiger partial charge in [0.2, 0.25) is 5.71 Å². The van der Waals surface area contributed by atoms with Crippen LogP contribution in [0.5, 0.6) is 0 Å². The molecule has 1 aliphatic carbocycles. The normalized spacial score (nSPS) is 13.1. The van der Waals surface area contributed by atoms with Gasteiger partial charge >= 0.3 is 0 Å². The van der Waals surface area contributed by atoms with Gasteiger partial charge in [0.25, 0.3) is 0 Å². The third-order valence-corrected chi connectivity index (χ3v) is 11.3. The summed E-state index contributed by atoms with van der Waals surface area (Å²) in [5.74, 6) is 0.694. The molecule has 10 aromatic rings. The Kier molecular flexibility index (Phi) is 6.56. The number of hydrogen-bond acceptors (Lipinski definition) is 4. The van der Waals surface area contributed by atoms with Crippen LogP contribution in [0.15, 0.2) is 168 Å². The van der Waals surface area contributed by atoms with Gasteiger partial charge in [-0.05, 0) is 62.7 Å². The maximum Gasteiger partial charge on any atom is 0.228 e. The molecule has 7 aromatic carbocycles. The van der Waals surface area contributed by atoms with Crippen molar-refractivity contribution in [1.29, 1.82) is 0 Å². The Balaban J connectivity index is 1.11. The molecule has 0 spiro atoms. The quantitative estimate of drug-likeness (QED) is 0.184. The van der Waals surface area contributed by atoms with E-state index in [1.165, 1.54) is 22.3 Å². The third-order valence-electron chi connectivity index (χ3n) is 11.3. The number of fused-ring (bicyclic) bond motifs is 9. The molecule has 254 valence electrons. The van der Waals surface area contributed by atoms with E-state index < -0.39 is 0 Å². The summed E-state index contributed by atoms with van der Waals surface area (Å²) < 4.78 is 6.34. The molecule has 0 N–H and O–H groups in total. The molecule has 11 rings (SSSR count). The highest BCUT2D eigenvalue weighted by Crippen LogP contribution is 2.49. The fourth-order valence-corrected chi connectivity index (χ4v) is 8.63. The Hall–Kier alpha value is -6.91. The molecular weight excluding hydrogens is 659 g/mol. The highest BCUT2D eigenvalue weighted by atomic mass is 16.3. The summed E-state index contributed by atoms with van der Waals surface area (Å²) in [6.07, 6.45) is 0. The first-order valence-corrected chi connectivity index (χ1v) is 18.4. The summed E-state index contributed by atoms with van der Waals surface area (Å²) >= 11 is 0. The predicted octanol–water partition coefficient (Wildman–Crippen LogP) is 13.1. The lowest BCUT2D eigenvalue weighted by atomic mass is 9.82. The van der Waals surface area contributed by atoms with E-state index in [1.807, 2.05) is 12.1 Å². The zero-order valence-electron chi connectivity index (χ0n) is 29.8. The van der Waals surface area contributed by atoms with Crippen molar-refractivity contribution in [3.8, 4) is 56.3 Å². The van der Waals surface area contributed by atoms with Crippen LogP contribution in [0.1, 0.15) is 25.0 Å². The van der Waals surface area contributed by atoms with Crippen LogP contribution in [0.2, 0.25) is 0 Å². The topological polar surface area (TPSA) is 51.8 Å². The first-order valence-electron chi connectivity index (χ1n) is 18.4. The number of benzene rings is 7. The summed E-state index contributed by atoms with van der Waals surface area (Å²) in [5.41, 5.74) is 13.3. The first-order chi connectivity index (χ1) is 26.5. The van der Waals surface area contributed by atoms with E-state index in [9.17, 15) is 0 Å². The molecule has 0 saturated heterocycles. The van der Waals surface area contributed by atoms with Gasteiger partial charge in [0.05, 0.1) is 22.5 Å². The van der Waals surface area contributed by atoms with Gasteiger partial charge in [-0.25, -0.2) is 15.0 Å². The van der Waals surface area contributed by atoms with Gasteiger partial charge in [0.1, 0.15) is 5.58 Å². The Bertz CT molecular complexity index is 3150. The Morgan fingerprint density at radius 2 is 1.07 bits per heavy atom. The van der Waals surface area contributed by atoms with Crippen LogP contribution in [0, 0.1) is 0 Å². The number of para-hydroxylation sites is 1. The lowest BCUT2D eigenvalue weighted by molar-refractivity contribution is 0.655. The van der Waals surface area contributed by atoms with Crippen molar-refractivity contribution in [1.82, 2.24) is 15.0 Å². The van der Waals surface area contributed by atoms with Crippen molar-refractivity contribution in [2.75, 3.05) is 0 Å². The van der Waals surface area contributed by atoms with E-state index in [0.717, 1.165) is 77.2 Å². The van der Waals surface area contributed by atoms with E-state index >= 15 is 0 Å². The third kappa shape index (κ3) is 4.60. The minimum atomic E-state index is -0.124. The molecule has 54 heavy (non-hydrogen) atoms. The number of aromatic nitrogens is 3. The maximum atomic E-state index is 6.34. The monoisotopic (exact) mass is 691 g/mol. The lowest BCUT2D eigenvalue weighted by Gasteiger charge is -2.22. The minimum Gasteiger partial charge on any atom is -0.438 e. The number of rotatable bonds is 4. The molecule has 3 heterocycles. The second kappa shape index (κ2) is 11.5. The molecule has 0 radical (unpaired) electrons. The van der Waals surface area contributed by atoms with Crippen LogP contribution in [-0.2, 0) is 5.41 Å². The first kappa shape index (κ1) is 30.7. The maximum absolute atomic E-state index is 6.34. The molecule has 4 heteroatoms. The fraction of sp³-hybridized carbons (Fsp3) is 0.0600. The predicted molar refractivity (Wildman–Crippen MR) is 221 cm³/mol. The van der Waals surface area contributed by atoms with Crippen molar-refractivity contribution < 1.29 is 4.42 Å². The summed E-state index contributed by atoms with van der Waals surface area (Å²) in [4.78, 5) is 15.8. The molecule has 0 unspecified atom stereocenters. The number of furan rings is 1. The summed E-state index contributed by atoms with van der Waals surface area (Å²) in [6.45, 7) is 4.64. The van der Waals surface area contributed by atoms with Gasteiger partial charge < -0.3 is 4.42 Å². The highest BCUT2D eigenvalue weighted by Gasteiger charge is 2.35. The van der Waals surface area contributed by atoms with Crippen LogP contribution in [0.4, 0.5) is 0 Å². The van der Waals surface area contributed by atoms with Crippen LogP contribution in [-0.4, -0.2) is 15.0 Å². The van der Waals surface area contributed by atoms with Crippen LogP contribution in [0.3, 0.4) is 0 Å². The summed E-state index contributed by atoms with van der Waals surface area (Å²) in [7, 11) is 0. The van der Waals surface area contributed by atoms with Crippen molar-refractivity contribution in [3.05, 3.63) is 175 Å². The van der Waals surface area contributed by atoms with E-state index in [4.69, 9.17) is 19.4 Å². The van der Waals surface area contributed by atoms with E-state index in [1.54, 1.807) is 0 Å². The molecule has 0 bridgehead atoms. The van der Waals surface area contributed by atoms with Crippen molar-refractivity contribution >= 4 is 43.6 Å². The van der Waals surface area contributed by atoms with Gasteiger partial charge in [-0.1, -0.05) is 153 Å². The number of hydrogen-bond donors (Lipinski definition) is 0. The highest BCUT2D eigenvalue weighted by molar-refractivity contribution is 6.20. The van der Waals surface area contributed by atoms with E-state index in [-0.39, 0.29) is 5.41 Å². The molecule has 0 saturated carbocycles. The minimum absolute atomic E-state index is 0.124. The Morgan fingerprint density at radius 1 is 0.444 bits per heavy atom. The Labute approximate surface area is 312 Å². The van der Waals surface area contributed by atoms with Gasteiger partial charge in [0, 0.05) is 38.4 Å². The van der Waals surface area contributed by atoms with Crippen LogP contribution < -0.4 is 0 Å². The molecule has 3 aromatic heterocycles. The lowest BCUT2D eigenvalue weighted by Crippen LogP contribution is -2.14. The smallest absolute Gasteiger partial charge is 0.228 e. The van der Waals surface area contributed by atoms with Gasteiger partial charge in [-0.15, -0.1) is 0 Å². The average molecular weight is 692 g/mol. The van der Waals surface area contributed by atoms with Crippen molar-refractivity contribution in [3.63, 3.8) is 0 Å². The summed E-state index contributed by atoms with van der Waals surface area (Å²) in [5, 5.41) is 6.60. The second-order valence-electron chi connectivity index (χ2n) is 14.8. The molecule has 0 aliphatic heterocycles. The molecule has 4 nitrogen and oxygen atoms in total. The SMILES string of the molecule is CC1(C)c2ccccc2-c2ccc(-c3cc(-c4cccc(-c5nc6oc7ccccc7c6c6ccccc56)c4)nc(-c4cccc5ccccc45)n3)cc21. The molecule has 0 amide bonds. The largest absolute Gasteiger partial charge is 0.438 e. The molecule has 0 atom stereocenters. The zero-order chi connectivity index (χ0) is 36.0. The van der Waals surface area contributed by atoms with Crippen LogP contribution in [0.25, 0.3) is 99.9 Å². The van der Waals surface area contributed by atoms with E-state index in [0.29, 0.717) is 11.5 Å². The van der Waals surface area contributed by atoms with E-state index in [2.05, 4.69) is 166 Å². The standard InChI is InChI=1S/C50H33N3O/c1-50(2)41-23-9-7-18-35(41)36-26-25-32(28-42(36)50)44-29-43(51-48(52-44)39-22-12-14-30-13-3-4-17-34(30)39)31-15-11-16-33(27-31)47-38-20-6-5-19-37(38)46-40-21-8-10-24-45(40)54-49(46)53-47/h3-29H,1-2H3. The van der Waals surface area contributed by atoms with Crippen LogP contribution >= 0.6 is 0 Å². The average Bonchev–Trinajstić information content (AvgIpc) is 3.72. The number of nitrogens with zero attached hydrogens (tertiary/aromatic N) is 3. The van der Waals surface area contributed by atoms with Gasteiger partial charge in [0.15, 0.2) is 5.82 Å². The fourth-order valence-electron chi connectivity index (χ4n) is 8.63. The Morgan fingerprint density at radius 3 is 1.94 bits per heavy atom.